The number of anilines is 1. The van der Waals surface area contributed by atoms with Gasteiger partial charge in [0.25, 0.3) is 0 Å². The Labute approximate surface area is 69.4 Å². The number of hydrogen-bond acceptors (Lipinski definition) is 4. The Morgan fingerprint density at radius 1 is 1.67 bits per heavy atom. The summed E-state index contributed by atoms with van der Waals surface area (Å²) >= 11 is 0. The van der Waals surface area contributed by atoms with E-state index in [-0.39, 0.29) is 0 Å². The van der Waals surface area contributed by atoms with Crippen molar-refractivity contribution < 1.29 is 4.74 Å². The summed E-state index contributed by atoms with van der Waals surface area (Å²) in [6, 6.07) is 2.02. The van der Waals surface area contributed by atoms with Crippen LogP contribution < -0.4 is 5.73 Å². The Balaban J connectivity index is 2.56. The molecule has 0 saturated carbocycles. The first-order chi connectivity index (χ1) is 5.83. The van der Waals surface area contributed by atoms with E-state index in [4.69, 9.17) is 15.7 Å². The van der Waals surface area contributed by atoms with E-state index in [0.29, 0.717) is 31.3 Å². The number of aromatic nitrogens is 2. The predicted octanol–water partition coefficient (Wildman–Crippen LogP) is -0.133. The van der Waals surface area contributed by atoms with Crippen LogP contribution in [0.4, 0.5) is 5.82 Å². The summed E-state index contributed by atoms with van der Waals surface area (Å²) in [6.07, 6.45) is 0. The van der Waals surface area contributed by atoms with Crippen LogP contribution in [-0.4, -0.2) is 16.2 Å². The van der Waals surface area contributed by atoms with Gasteiger partial charge in [-0.25, -0.2) is 4.98 Å². The fourth-order valence-corrected chi connectivity index (χ4v) is 1.31. The second kappa shape index (κ2) is 2.50. The summed E-state index contributed by atoms with van der Waals surface area (Å²) in [4.78, 5) is 4.02. The molecule has 2 N–H and O–H groups in total. The van der Waals surface area contributed by atoms with Gasteiger partial charge in [0.15, 0.2) is 11.5 Å². The highest BCUT2D eigenvalue weighted by molar-refractivity contribution is 5.45. The molecule has 1 aromatic heterocycles. The molecule has 0 saturated heterocycles. The van der Waals surface area contributed by atoms with Gasteiger partial charge in [0.2, 0.25) is 0 Å². The van der Waals surface area contributed by atoms with Gasteiger partial charge in [-0.1, -0.05) is 0 Å². The Kier molecular flexibility index (Phi) is 1.48. The summed E-state index contributed by atoms with van der Waals surface area (Å²) in [7, 11) is 0. The molecule has 0 aromatic carbocycles. The van der Waals surface area contributed by atoms with Crippen molar-refractivity contribution >= 4 is 5.82 Å². The highest BCUT2D eigenvalue weighted by Gasteiger charge is 2.17. The second-order valence-electron chi connectivity index (χ2n) is 2.58. The molecule has 1 aliphatic rings. The van der Waals surface area contributed by atoms with E-state index >= 15 is 0 Å². The average Bonchev–Trinajstić information content (AvgIpc) is 2.40. The fourth-order valence-electron chi connectivity index (χ4n) is 1.31. The van der Waals surface area contributed by atoms with Gasteiger partial charge in [0, 0.05) is 6.54 Å². The van der Waals surface area contributed by atoms with Crippen molar-refractivity contribution in [1.29, 1.82) is 5.26 Å². The standard InChI is InChI=1S/C7H8N4O/c8-3-5-7(9)10-6-4-12-2-1-11(5)6/h1-2,4,9H2. The number of nitrogen functional groups attached to an aromatic ring is 1. The van der Waals surface area contributed by atoms with E-state index in [1.165, 1.54) is 0 Å². The van der Waals surface area contributed by atoms with E-state index < -0.39 is 0 Å². The molecule has 5 heteroatoms. The first kappa shape index (κ1) is 7.13. The minimum absolute atomic E-state index is 0.304. The lowest BCUT2D eigenvalue weighted by atomic mass is 10.4. The monoisotopic (exact) mass is 164 g/mol. The summed E-state index contributed by atoms with van der Waals surface area (Å²) in [6.45, 7) is 1.74. The summed E-state index contributed by atoms with van der Waals surface area (Å²) in [5, 5.41) is 8.73. The van der Waals surface area contributed by atoms with Crippen LogP contribution in [-0.2, 0) is 17.9 Å². The third kappa shape index (κ3) is 0.855. The summed E-state index contributed by atoms with van der Waals surface area (Å²) < 4.78 is 6.96. The van der Waals surface area contributed by atoms with Gasteiger partial charge in [0.05, 0.1) is 6.61 Å². The minimum atomic E-state index is 0.304. The van der Waals surface area contributed by atoms with E-state index in [9.17, 15) is 0 Å². The number of hydrogen-bond donors (Lipinski definition) is 1. The molecule has 62 valence electrons. The van der Waals surface area contributed by atoms with Crippen LogP contribution in [0.5, 0.6) is 0 Å². The predicted molar refractivity (Wildman–Crippen MR) is 41.0 cm³/mol. The Hall–Kier alpha value is -1.54. The van der Waals surface area contributed by atoms with Crippen LogP contribution in [0.2, 0.25) is 0 Å². The Morgan fingerprint density at radius 3 is 3.25 bits per heavy atom. The highest BCUT2D eigenvalue weighted by atomic mass is 16.5. The number of fused-ring (bicyclic) bond motifs is 1. The van der Waals surface area contributed by atoms with Crippen LogP contribution in [0.3, 0.4) is 0 Å². The maximum atomic E-state index is 8.73. The lowest BCUT2D eigenvalue weighted by molar-refractivity contribution is 0.0813. The van der Waals surface area contributed by atoms with Gasteiger partial charge in [-0.15, -0.1) is 0 Å². The molecule has 2 heterocycles. The molecule has 1 aliphatic heterocycles. The van der Waals surface area contributed by atoms with Gasteiger partial charge in [-0.05, 0) is 0 Å². The zero-order valence-corrected chi connectivity index (χ0v) is 6.45. The Bertz CT molecular complexity index is 349. The average molecular weight is 164 g/mol. The third-order valence-electron chi connectivity index (χ3n) is 1.87. The zero-order valence-electron chi connectivity index (χ0n) is 6.45. The number of imidazole rings is 1. The van der Waals surface area contributed by atoms with E-state index in [0.717, 1.165) is 5.82 Å². The quantitative estimate of drug-likeness (QED) is 0.579. The largest absolute Gasteiger partial charge is 0.381 e. The second-order valence-corrected chi connectivity index (χ2v) is 2.58. The van der Waals surface area contributed by atoms with Crippen molar-refractivity contribution in [2.45, 2.75) is 13.2 Å². The first-order valence-corrected chi connectivity index (χ1v) is 3.65. The Morgan fingerprint density at radius 2 is 2.50 bits per heavy atom. The summed E-state index contributed by atoms with van der Waals surface area (Å²) in [5.74, 6) is 1.05. The van der Waals surface area contributed by atoms with E-state index in [1.54, 1.807) is 4.57 Å². The number of nitriles is 1. The maximum Gasteiger partial charge on any atom is 0.164 e. The molecule has 5 nitrogen and oxygen atoms in total. The molecule has 0 fully saturated rings. The lowest BCUT2D eigenvalue weighted by Gasteiger charge is -2.14. The molecular weight excluding hydrogens is 156 g/mol. The van der Waals surface area contributed by atoms with Crippen molar-refractivity contribution in [2.75, 3.05) is 12.3 Å². The maximum absolute atomic E-state index is 8.73. The molecule has 0 unspecified atom stereocenters. The molecule has 12 heavy (non-hydrogen) atoms. The van der Waals surface area contributed by atoms with Gasteiger partial charge in [-0.3, -0.25) is 0 Å². The molecule has 0 amide bonds. The van der Waals surface area contributed by atoms with Crippen molar-refractivity contribution in [2.24, 2.45) is 0 Å². The number of nitrogens with zero attached hydrogens (tertiary/aromatic N) is 3. The van der Waals surface area contributed by atoms with Crippen molar-refractivity contribution in [3.05, 3.63) is 11.5 Å². The zero-order chi connectivity index (χ0) is 8.55. The van der Waals surface area contributed by atoms with Crippen LogP contribution >= 0.6 is 0 Å². The summed E-state index contributed by atoms with van der Waals surface area (Å²) in [5.41, 5.74) is 5.97. The topological polar surface area (TPSA) is 76.9 Å². The molecule has 0 aliphatic carbocycles. The van der Waals surface area contributed by atoms with Gasteiger partial charge in [-0.2, -0.15) is 5.26 Å². The molecular formula is C7H8N4O. The smallest absolute Gasteiger partial charge is 0.164 e. The van der Waals surface area contributed by atoms with Crippen molar-refractivity contribution in [1.82, 2.24) is 9.55 Å². The molecule has 0 spiro atoms. The van der Waals surface area contributed by atoms with Crippen LogP contribution in [0, 0.1) is 11.3 Å². The van der Waals surface area contributed by atoms with Crippen LogP contribution in [0.1, 0.15) is 11.5 Å². The van der Waals surface area contributed by atoms with Gasteiger partial charge < -0.3 is 15.0 Å². The highest BCUT2D eigenvalue weighted by Crippen LogP contribution is 2.16. The van der Waals surface area contributed by atoms with E-state index in [1.807, 2.05) is 6.07 Å². The number of rotatable bonds is 0. The number of nitrogens with two attached hydrogens (primary N) is 1. The number of ether oxygens (including phenoxy) is 1. The SMILES string of the molecule is N#Cc1c(N)nc2n1CCOC2. The van der Waals surface area contributed by atoms with Crippen molar-refractivity contribution in [3.63, 3.8) is 0 Å². The lowest BCUT2D eigenvalue weighted by Crippen LogP contribution is -2.17. The van der Waals surface area contributed by atoms with Gasteiger partial charge >= 0.3 is 0 Å². The van der Waals surface area contributed by atoms with E-state index in [2.05, 4.69) is 4.98 Å². The fraction of sp³-hybridized carbons (Fsp3) is 0.429. The molecule has 0 bridgehead atoms. The molecule has 0 radical (unpaired) electrons. The minimum Gasteiger partial charge on any atom is -0.381 e. The van der Waals surface area contributed by atoms with Crippen LogP contribution in [0.15, 0.2) is 0 Å². The normalized spacial score (nSPS) is 15.2. The van der Waals surface area contributed by atoms with Gasteiger partial charge in [0.1, 0.15) is 18.5 Å². The molecule has 2 rings (SSSR count). The molecule has 0 atom stereocenters. The van der Waals surface area contributed by atoms with Crippen LogP contribution in [0.25, 0.3) is 0 Å². The van der Waals surface area contributed by atoms with Crippen molar-refractivity contribution in [3.8, 4) is 6.07 Å². The first-order valence-electron chi connectivity index (χ1n) is 3.65. The third-order valence-corrected chi connectivity index (χ3v) is 1.87. The molecule has 1 aromatic rings.